The molecule has 1 atom stereocenters. The first-order chi connectivity index (χ1) is 9.11. The summed E-state index contributed by atoms with van der Waals surface area (Å²) in [6, 6.07) is 0. The van der Waals surface area contributed by atoms with Crippen molar-refractivity contribution in [3.8, 4) is 5.75 Å². The Balaban J connectivity index is 1.96. The monoisotopic (exact) mass is 285 g/mol. The van der Waals surface area contributed by atoms with E-state index in [0.717, 1.165) is 37.6 Å². The van der Waals surface area contributed by atoms with Crippen molar-refractivity contribution < 1.29 is 4.74 Å². The third-order valence-corrected chi connectivity index (χ3v) is 4.25. The van der Waals surface area contributed by atoms with Gasteiger partial charge in [-0.05, 0) is 45.7 Å². The van der Waals surface area contributed by atoms with Crippen molar-refractivity contribution >= 4 is 11.6 Å². The maximum atomic E-state index is 6.39. The van der Waals surface area contributed by atoms with E-state index in [0.29, 0.717) is 5.38 Å². The summed E-state index contributed by atoms with van der Waals surface area (Å²) in [6.45, 7) is 1.87. The van der Waals surface area contributed by atoms with Crippen LogP contribution in [0.2, 0.25) is 0 Å². The second kappa shape index (κ2) is 6.62. The average molecular weight is 286 g/mol. The smallest absolute Gasteiger partial charge is 0.159 e. The van der Waals surface area contributed by atoms with Crippen LogP contribution in [0.5, 0.6) is 5.75 Å². The summed E-state index contributed by atoms with van der Waals surface area (Å²) >= 11 is 6.39. The molecule has 1 heterocycles. The molecule has 0 spiro atoms. The number of methoxy groups -OCH3 is 1. The number of ether oxygens (including phenoxy) is 1. The van der Waals surface area contributed by atoms with Gasteiger partial charge in [0.2, 0.25) is 0 Å². The molecule has 1 unspecified atom stereocenters. The number of hydrogen-bond donors (Lipinski definition) is 0. The van der Waals surface area contributed by atoms with Gasteiger partial charge in [-0.2, -0.15) is 5.10 Å². The maximum absolute atomic E-state index is 6.39. The molecule has 0 radical (unpaired) electrons. The van der Waals surface area contributed by atoms with Gasteiger partial charge in [-0.15, -0.1) is 11.6 Å². The highest BCUT2D eigenvalue weighted by Gasteiger charge is 2.29. The van der Waals surface area contributed by atoms with Crippen molar-refractivity contribution in [1.82, 2.24) is 14.7 Å². The van der Waals surface area contributed by atoms with Crippen LogP contribution in [0.4, 0.5) is 0 Å². The van der Waals surface area contributed by atoms with Crippen LogP contribution >= 0.6 is 11.6 Å². The molecule has 1 saturated carbocycles. The average Bonchev–Trinajstić information content (AvgIpc) is 3.15. The highest BCUT2D eigenvalue weighted by Crippen LogP contribution is 2.38. The number of rotatable bonds is 8. The molecule has 0 aliphatic heterocycles. The highest BCUT2D eigenvalue weighted by atomic mass is 35.5. The van der Waals surface area contributed by atoms with E-state index in [1.54, 1.807) is 7.11 Å². The summed E-state index contributed by atoms with van der Waals surface area (Å²) < 4.78 is 7.45. The summed E-state index contributed by atoms with van der Waals surface area (Å²) in [7, 11) is 5.85. The highest BCUT2D eigenvalue weighted by molar-refractivity contribution is 6.20. The van der Waals surface area contributed by atoms with E-state index < -0.39 is 0 Å². The zero-order valence-corrected chi connectivity index (χ0v) is 12.9. The Bertz CT molecular complexity index is 401. The van der Waals surface area contributed by atoms with Gasteiger partial charge in [0.1, 0.15) is 0 Å². The molecular formula is C14H24ClN3O. The molecule has 0 N–H and O–H groups in total. The van der Waals surface area contributed by atoms with E-state index >= 15 is 0 Å². The zero-order chi connectivity index (χ0) is 13.8. The van der Waals surface area contributed by atoms with Gasteiger partial charge in [-0.1, -0.05) is 0 Å². The van der Waals surface area contributed by atoms with Crippen LogP contribution in [0.1, 0.15) is 25.0 Å². The molecule has 0 amide bonds. The van der Waals surface area contributed by atoms with Gasteiger partial charge in [0.25, 0.3) is 0 Å². The van der Waals surface area contributed by atoms with Gasteiger partial charge >= 0.3 is 0 Å². The van der Waals surface area contributed by atoms with Gasteiger partial charge in [0.15, 0.2) is 5.75 Å². The van der Waals surface area contributed by atoms with Gasteiger partial charge in [-0.3, -0.25) is 4.68 Å². The van der Waals surface area contributed by atoms with Crippen LogP contribution < -0.4 is 4.74 Å². The largest absolute Gasteiger partial charge is 0.493 e. The van der Waals surface area contributed by atoms with Gasteiger partial charge in [-0.25, -0.2) is 0 Å². The lowest BCUT2D eigenvalue weighted by Gasteiger charge is -2.14. The predicted octanol–water partition coefficient (Wildman–Crippen LogP) is 2.40. The molecule has 2 rings (SSSR count). The Labute approximate surface area is 120 Å². The fraction of sp³-hybridized carbons (Fsp3) is 0.786. The second-order valence-corrected chi connectivity index (χ2v) is 6.14. The van der Waals surface area contributed by atoms with E-state index in [9.17, 15) is 0 Å². The van der Waals surface area contributed by atoms with Crippen LogP contribution in [0.15, 0.2) is 6.20 Å². The minimum Gasteiger partial charge on any atom is -0.493 e. The molecule has 0 aromatic carbocycles. The molecule has 1 aromatic heterocycles. The van der Waals surface area contributed by atoms with Gasteiger partial charge in [0.05, 0.1) is 25.5 Å². The third kappa shape index (κ3) is 4.11. The molecule has 108 valence electrons. The molecule has 4 nitrogen and oxygen atoms in total. The Morgan fingerprint density at radius 1 is 1.53 bits per heavy atom. The first kappa shape index (κ1) is 14.7. The number of alkyl halides is 1. The quantitative estimate of drug-likeness (QED) is 0.687. The predicted molar refractivity (Wildman–Crippen MR) is 78.0 cm³/mol. The van der Waals surface area contributed by atoms with E-state index in [4.69, 9.17) is 16.3 Å². The van der Waals surface area contributed by atoms with E-state index in [1.807, 2.05) is 6.20 Å². The van der Waals surface area contributed by atoms with Crippen LogP contribution in [0, 0.1) is 5.92 Å². The molecule has 1 aliphatic rings. The Morgan fingerprint density at radius 2 is 2.26 bits per heavy atom. The van der Waals surface area contributed by atoms with Crippen molar-refractivity contribution in [2.24, 2.45) is 5.92 Å². The second-order valence-electron chi connectivity index (χ2n) is 5.58. The van der Waals surface area contributed by atoms with Crippen LogP contribution in [-0.2, 0) is 13.0 Å². The Morgan fingerprint density at radius 3 is 2.84 bits per heavy atom. The summed E-state index contributed by atoms with van der Waals surface area (Å²) in [5.41, 5.74) is 1.18. The fourth-order valence-electron chi connectivity index (χ4n) is 2.27. The van der Waals surface area contributed by atoms with Crippen LogP contribution in [0.25, 0.3) is 0 Å². The number of halogens is 1. The molecule has 5 heteroatoms. The molecule has 0 saturated heterocycles. The Kier molecular flexibility index (Phi) is 5.11. The zero-order valence-electron chi connectivity index (χ0n) is 12.1. The standard InChI is InChI=1S/C14H24ClN3O/c1-17(2)8-9-18-13(14(19-3)10-16-18)7-6-12(15)11-4-5-11/h10-12H,4-9H2,1-3H3. The first-order valence-corrected chi connectivity index (χ1v) is 7.43. The van der Waals surface area contributed by atoms with E-state index in [-0.39, 0.29) is 0 Å². The minimum absolute atomic E-state index is 0.307. The normalized spacial score (nSPS) is 16.9. The summed E-state index contributed by atoms with van der Waals surface area (Å²) in [6.07, 6.45) is 6.36. The van der Waals surface area contributed by atoms with Crippen molar-refractivity contribution in [1.29, 1.82) is 0 Å². The minimum atomic E-state index is 0.307. The number of aromatic nitrogens is 2. The summed E-state index contributed by atoms with van der Waals surface area (Å²) in [5, 5.41) is 4.73. The van der Waals surface area contributed by atoms with Crippen molar-refractivity contribution in [3.05, 3.63) is 11.9 Å². The van der Waals surface area contributed by atoms with Crippen LogP contribution in [-0.4, -0.2) is 47.8 Å². The third-order valence-electron chi connectivity index (χ3n) is 3.68. The van der Waals surface area contributed by atoms with E-state index in [2.05, 4.69) is 28.8 Å². The number of hydrogen-bond acceptors (Lipinski definition) is 3. The molecule has 1 aliphatic carbocycles. The SMILES string of the molecule is COc1cnn(CCN(C)C)c1CCC(Cl)C1CC1. The fourth-order valence-corrected chi connectivity index (χ4v) is 2.63. The van der Waals surface area contributed by atoms with Gasteiger partial charge in [0, 0.05) is 11.9 Å². The van der Waals surface area contributed by atoms with Crippen molar-refractivity contribution in [2.75, 3.05) is 27.7 Å². The van der Waals surface area contributed by atoms with E-state index in [1.165, 1.54) is 18.5 Å². The maximum Gasteiger partial charge on any atom is 0.159 e. The molecule has 1 aromatic rings. The molecule has 0 bridgehead atoms. The van der Waals surface area contributed by atoms with Crippen LogP contribution in [0.3, 0.4) is 0 Å². The lowest BCUT2D eigenvalue weighted by atomic mass is 10.1. The number of likely N-dealkylation sites (N-methyl/N-ethyl adjacent to an activating group) is 1. The molecular weight excluding hydrogens is 262 g/mol. The molecule has 1 fully saturated rings. The summed E-state index contributed by atoms with van der Waals surface area (Å²) in [4.78, 5) is 2.16. The van der Waals surface area contributed by atoms with Gasteiger partial charge < -0.3 is 9.64 Å². The number of nitrogens with zero attached hydrogens (tertiary/aromatic N) is 3. The van der Waals surface area contributed by atoms with Crippen molar-refractivity contribution in [2.45, 2.75) is 37.6 Å². The lowest BCUT2D eigenvalue weighted by molar-refractivity contribution is 0.364. The first-order valence-electron chi connectivity index (χ1n) is 6.99. The lowest BCUT2D eigenvalue weighted by Crippen LogP contribution is -2.20. The molecule has 19 heavy (non-hydrogen) atoms. The summed E-state index contributed by atoms with van der Waals surface area (Å²) in [5.74, 6) is 1.63. The topological polar surface area (TPSA) is 30.3 Å². The Hall–Kier alpha value is -0.740. The van der Waals surface area contributed by atoms with Crippen molar-refractivity contribution in [3.63, 3.8) is 0 Å².